The maximum Gasteiger partial charge on any atom is 0.408 e. The Hall–Kier alpha value is -3.15. The molecule has 1 atom stereocenters. The van der Waals surface area contributed by atoms with Crippen molar-refractivity contribution >= 4 is 16.9 Å². The number of cyclic esters (lactones) is 1. The smallest absolute Gasteiger partial charge is 0.408 e. The highest BCUT2D eigenvalue weighted by Crippen LogP contribution is 2.42. The molecule has 3 aromatic rings. The Labute approximate surface area is 201 Å². The first-order valence-electron chi connectivity index (χ1n) is 12.2. The Bertz CT molecular complexity index is 1200. The molecule has 0 spiro atoms. The van der Waals surface area contributed by atoms with Crippen LogP contribution in [0, 0.1) is 11.3 Å². The van der Waals surface area contributed by atoms with E-state index >= 15 is 0 Å². The fourth-order valence-corrected chi connectivity index (χ4v) is 5.37. The van der Waals surface area contributed by atoms with Gasteiger partial charge in [0.15, 0.2) is 0 Å². The summed E-state index contributed by atoms with van der Waals surface area (Å²) in [5, 5.41) is 5.08. The van der Waals surface area contributed by atoms with Crippen LogP contribution < -0.4 is 10.1 Å². The van der Waals surface area contributed by atoms with Gasteiger partial charge in [0.25, 0.3) is 0 Å². The summed E-state index contributed by atoms with van der Waals surface area (Å²) in [5.41, 5.74) is 2.76. The van der Waals surface area contributed by atoms with Crippen LogP contribution in [0.3, 0.4) is 0 Å². The molecule has 1 amide bonds. The Kier molecular flexibility index (Phi) is 5.70. The molecule has 6 nitrogen and oxygen atoms in total. The van der Waals surface area contributed by atoms with Crippen molar-refractivity contribution in [2.75, 3.05) is 6.61 Å². The lowest BCUT2D eigenvalue weighted by Crippen LogP contribution is -2.37. The quantitative estimate of drug-likeness (QED) is 0.500. The van der Waals surface area contributed by atoms with E-state index in [1.165, 1.54) is 12.8 Å². The number of benzene rings is 2. The fourth-order valence-electron chi connectivity index (χ4n) is 5.37. The van der Waals surface area contributed by atoms with Crippen molar-refractivity contribution < 1.29 is 14.3 Å². The second kappa shape index (κ2) is 8.57. The number of rotatable bonds is 4. The number of hydrogen-bond acceptors (Lipinski definition) is 5. The van der Waals surface area contributed by atoms with Gasteiger partial charge in [0.1, 0.15) is 18.7 Å². The van der Waals surface area contributed by atoms with E-state index in [2.05, 4.69) is 66.4 Å². The van der Waals surface area contributed by atoms with E-state index in [4.69, 9.17) is 9.47 Å². The van der Waals surface area contributed by atoms with Gasteiger partial charge in [0.2, 0.25) is 0 Å². The standard InChI is InChI=1S/C28H33N3O3/c1-27(2,3)20-6-9-22(10-7-20)34-24-12-5-18-13-21(28(4)16-33-26(32)31-28)8-11-23(18)25(24)19-14-29-17-30-15-19/h5,8,11-15,17,20,22H,6-7,9-10,16H2,1-4H3,(H,31,32)/t20-,22-,28-/m0/s1. The van der Waals surface area contributed by atoms with Gasteiger partial charge in [-0.05, 0) is 72.4 Å². The average Bonchev–Trinajstić information content (AvgIpc) is 3.18. The molecule has 34 heavy (non-hydrogen) atoms. The first kappa shape index (κ1) is 22.6. The van der Waals surface area contributed by atoms with Crippen molar-refractivity contribution in [1.29, 1.82) is 0 Å². The molecule has 0 radical (unpaired) electrons. The van der Waals surface area contributed by atoms with Crippen molar-refractivity contribution in [2.45, 2.75) is 65.0 Å². The molecule has 1 aliphatic heterocycles. The van der Waals surface area contributed by atoms with Crippen LogP contribution in [0.25, 0.3) is 21.9 Å². The molecule has 178 valence electrons. The number of nitrogens with one attached hydrogen (secondary N) is 1. The maximum absolute atomic E-state index is 11.7. The summed E-state index contributed by atoms with van der Waals surface area (Å²) >= 11 is 0. The van der Waals surface area contributed by atoms with Gasteiger partial charge in [-0.1, -0.05) is 39.0 Å². The molecule has 1 saturated heterocycles. The third kappa shape index (κ3) is 4.33. The van der Waals surface area contributed by atoms with E-state index in [1.54, 1.807) is 6.33 Å². The van der Waals surface area contributed by atoms with Gasteiger partial charge >= 0.3 is 6.09 Å². The first-order chi connectivity index (χ1) is 16.2. The van der Waals surface area contributed by atoms with Crippen molar-refractivity contribution in [3.05, 3.63) is 54.6 Å². The van der Waals surface area contributed by atoms with Crippen molar-refractivity contribution in [3.63, 3.8) is 0 Å². The third-order valence-corrected chi connectivity index (χ3v) is 7.53. The summed E-state index contributed by atoms with van der Waals surface area (Å²) in [6.45, 7) is 9.32. The zero-order valence-corrected chi connectivity index (χ0v) is 20.4. The number of fused-ring (bicyclic) bond motifs is 1. The molecule has 2 aromatic carbocycles. The molecule has 2 aliphatic rings. The minimum absolute atomic E-state index is 0.212. The summed E-state index contributed by atoms with van der Waals surface area (Å²) in [7, 11) is 0. The lowest BCUT2D eigenvalue weighted by molar-refractivity contribution is 0.0886. The largest absolute Gasteiger partial charge is 0.490 e. The maximum atomic E-state index is 11.7. The van der Waals surface area contributed by atoms with Crippen LogP contribution in [0.1, 0.15) is 58.9 Å². The highest BCUT2D eigenvalue weighted by molar-refractivity contribution is 6.00. The molecular weight excluding hydrogens is 426 g/mol. The highest BCUT2D eigenvalue weighted by atomic mass is 16.6. The predicted octanol–water partition coefficient (Wildman–Crippen LogP) is 6.24. The Morgan fingerprint density at radius 3 is 2.44 bits per heavy atom. The molecule has 1 N–H and O–H groups in total. The predicted molar refractivity (Wildman–Crippen MR) is 133 cm³/mol. The van der Waals surface area contributed by atoms with Gasteiger partial charge < -0.3 is 14.8 Å². The van der Waals surface area contributed by atoms with Crippen molar-refractivity contribution in [2.24, 2.45) is 11.3 Å². The van der Waals surface area contributed by atoms with E-state index in [1.807, 2.05) is 19.3 Å². The van der Waals surface area contributed by atoms with E-state index in [0.717, 1.165) is 52.0 Å². The summed E-state index contributed by atoms with van der Waals surface area (Å²) in [6.07, 6.45) is 9.59. The average molecular weight is 460 g/mol. The van der Waals surface area contributed by atoms with E-state index < -0.39 is 5.54 Å². The molecule has 1 saturated carbocycles. The second-order valence-corrected chi connectivity index (χ2v) is 11.0. The van der Waals surface area contributed by atoms with Gasteiger partial charge in [-0.25, -0.2) is 14.8 Å². The van der Waals surface area contributed by atoms with Gasteiger partial charge in [-0.15, -0.1) is 0 Å². The minimum atomic E-state index is -0.540. The van der Waals surface area contributed by atoms with E-state index in [-0.39, 0.29) is 12.2 Å². The number of amides is 1. The SMILES string of the molecule is CC(C)(C)[C@H]1CC[C@H](Oc2ccc3cc([C@]4(C)COC(=O)N4)ccc3c2-c2cncnc2)CC1. The Morgan fingerprint density at radius 2 is 1.79 bits per heavy atom. The molecule has 0 unspecified atom stereocenters. The fraction of sp³-hybridized carbons (Fsp3) is 0.464. The summed E-state index contributed by atoms with van der Waals surface area (Å²) < 4.78 is 11.8. The number of nitrogens with zero attached hydrogens (tertiary/aromatic N) is 2. The molecule has 1 aliphatic carbocycles. The number of aromatic nitrogens is 2. The Morgan fingerprint density at radius 1 is 1.06 bits per heavy atom. The Balaban J connectivity index is 1.50. The van der Waals surface area contributed by atoms with Crippen molar-refractivity contribution in [3.8, 4) is 16.9 Å². The van der Waals surface area contributed by atoms with Gasteiger partial charge in [-0.3, -0.25) is 0 Å². The van der Waals surface area contributed by atoms with E-state index in [0.29, 0.717) is 12.0 Å². The topological polar surface area (TPSA) is 73.3 Å². The summed E-state index contributed by atoms with van der Waals surface area (Å²) in [5.74, 6) is 1.61. The number of carbonyl (C=O) groups excluding carboxylic acids is 1. The monoisotopic (exact) mass is 459 g/mol. The first-order valence-corrected chi connectivity index (χ1v) is 12.2. The minimum Gasteiger partial charge on any atom is -0.490 e. The molecule has 2 heterocycles. The molecule has 0 bridgehead atoms. The van der Waals surface area contributed by atoms with E-state index in [9.17, 15) is 4.79 Å². The lowest BCUT2D eigenvalue weighted by Gasteiger charge is -2.37. The summed E-state index contributed by atoms with van der Waals surface area (Å²) in [4.78, 5) is 20.2. The van der Waals surface area contributed by atoms with Gasteiger partial charge in [-0.2, -0.15) is 0 Å². The molecule has 5 rings (SSSR count). The number of alkyl carbamates (subject to hydrolysis) is 1. The third-order valence-electron chi connectivity index (χ3n) is 7.53. The number of ether oxygens (including phenoxy) is 2. The van der Waals surface area contributed by atoms with Gasteiger partial charge in [0.05, 0.1) is 11.6 Å². The van der Waals surface area contributed by atoms with Crippen LogP contribution >= 0.6 is 0 Å². The molecule has 6 heteroatoms. The van der Waals surface area contributed by atoms with Crippen LogP contribution in [0.5, 0.6) is 5.75 Å². The second-order valence-electron chi connectivity index (χ2n) is 11.0. The summed E-state index contributed by atoms with van der Waals surface area (Å²) in [6, 6.07) is 10.4. The van der Waals surface area contributed by atoms with Crippen LogP contribution in [0.15, 0.2) is 49.1 Å². The van der Waals surface area contributed by atoms with Crippen LogP contribution in [-0.4, -0.2) is 28.8 Å². The normalized spacial score (nSPS) is 25.1. The molecular formula is C28H33N3O3. The zero-order chi connectivity index (χ0) is 23.9. The van der Waals surface area contributed by atoms with Gasteiger partial charge in [0, 0.05) is 23.5 Å². The zero-order valence-electron chi connectivity index (χ0n) is 20.4. The molecule has 2 fully saturated rings. The van der Waals surface area contributed by atoms with Crippen LogP contribution in [0.4, 0.5) is 4.79 Å². The lowest BCUT2D eigenvalue weighted by atomic mass is 9.72. The van der Waals surface area contributed by atoms with Crippen molar-refractivity contribution in [1.82, 2.24) is 15.3 Å². The molecule has 1 aromatic heterocycles. The highest BCUT2D eigenvalue weighted by Gasteiger charge is 2.37. The number of carbonyl (C=O) groups is 1. The van der Waals surface area contributed by atoms with Crippen LogP contribution in [-0.2, 0) is 10.3 Å². The van der Waals surface area contributed by atoms with Crippen LogP contribution in [0.2, 0.25) is 0 Å². The number of hydrogen-bond donors (Lipinski definition) is 1.